The molecule has 2 aliphatic rings. The molecule has 2 fully saturated rings. The summed E-state index contributed by atoms with van der Waals surface area (Å²) < 4.78 is 51.3. The van der Waals surface area contributed by atoms with Gasteiger partial charge < -0.3 is 48.7 Å². The average molecular weight is 807 g/mol. The molecule has 2 aromatic rings. The second kappa shape index (κ2) is 18.5. The van der Waals surface area contributed by atoms with Crippen molar-refractivity contribution >= 4 is 54.4 Å². The van der Waals surface area contributed by atoms with E-state index in [9.17, 15) is 29.2 Å². The molecule has 0 bridgehead atoms. The maximum Gasteiger partial charge on any atom is 0.510 e. The fraction of sp³-hybridized carbons (Fsp3) is 0.758. The first kappa shape index (κ1) is 43.4. The Morgan fingerprint density at radius 2 is 1.50 bits per heavy atom. The molecule has 4 atom stereocenters. The quantitative estimate of drug-likeness (QED) is 0.0927. The molecule has 19 nitrogen and oxygen atoms in total. The van der Waals surface area contributed by atoms with Gasteiger partial charge in [-0.05, 0) is 35.3 Å². The number of ether oxygens (including phenoxy) is 5. The van der Waals surface area contributed by atoms with Gasteiger partial charge in [0.25, 0.3) is 0 Å². The van der Waals surface area contributed by atoms with Gasteiger partial charge in [0.05, 0.1) is 26.1 Å². The van der Waals surface area contributed by atoms with Crippen molar-refractivity contribution in [3.63, 3.8) is 0 Å². The Hall–Kier alpha value is -3.32. The van der Waals surface area contributed by atoms with Crippen molar-refractivity contribution in [3.8, 4) is 0 Å². The van der Waals surface area contributed by atoms with Crippen LogP contribution in [0.1, 0.15) is 67.2 Å². The van der Waals surface area contributed by atoms with Gasteiger partial charge in [0.15, 0.2) is 17.0 Å². The highest BCUT2D eigenvalue weighted by Gasteiger charge is 2.44. The number of carbonyl (C=O) groups excluding carboxylic acids is 3. The molecule has 1 aliphatic heterocycles. The number of amides is 1. The summed E-state index contributed by atoms with van der Waals surface area (Å²) in [6.45, 7) is 9.02. The molecule has 0 spiro atoms. The fourth-order valence-electron chi connectivity index (χ4n) is 5.47. The van der Waals surface area contributed by atoms with Gasteiger partial charge in [-0.2, -0.15) is 9.97 Å². The Labute approximate surface area is 318 Å². The summed E-state index contributed by atoms with van der Waals surface area (Å²) in [5.74, 6) is -0.294. The number of nitrogens with zero attached hydrogens (tertiary/aromatic N) is 5. The number of anilines is 1. The van der Waals surface area contributed by atoms with E-state index in [1.807, 2.05) is 41.5 Å². The Morgan fingerprint density at radius 3 is 2.06 bits per heavy atom. The molecule has 1 unspecified atom stereocenters. The zero-order chi connectivity index (χ0) is 39.8. The first-order valence-corrected chi connectivity index (χ1v) is 19.7. The van der Waals surface area contributed by atoms with E-state index in [4.69, 9.17) is 44.3 Å². The summed E-state index contributed by atoms with van der Waals surface area (Å²) in [6, 6.07) is 0.248. The first-order valence-electron chi connectivity index (χ1n) is 17.6. The summed E-state index contributed by atoms with van der Waals surface area (Å²) in [4.78, 5) is 51.5. The van der Waals surface area contributed by atoms with Crippen molar-refractivity contribution in [1.82, 2.24) is 24.4 Å². The Balaban J connectivity index is 1.36. The molecule has 3 heterocycles. The number of imidazole rings is 1. The van der Waals surface area contributed by atoms with E-state index in [1.165, 1.54) is 13.4 Å². The molecule has 1 saturated heterocycles. The van der Waals surface area contributed by atoms with Crippen LogP contribution in [0.3, 0.4) is 0 Å². The number of hydrogen-bond donors (Lipinski definition) is 3. The number of aliphatic hydroxyl groups excluding tert-OH is 2. The van der Waals surface area contributed by atoms with Crippen molar-refractivity contribution in [2.24, 2.45) is 10.8 Å². The lowest BCUT2D eigenvalue weighted by Crippen LogP contribution is -2.42. The predicted molar refractivity (Wildman–Crippen MR) is 193 cm³/mol. The smallest absolute Gasteiger partial charge is 0.434 e. The molecule has 304 valence electrons. The summed E-state index contributed by atoms with van der Waals surface area (Å²) in [6.07, 6.45) is -2.11. The molecule has 3 N–H and O–H groups in total. The number of nitrogens with one attached hydrogen (secondary N) is 1. The number of aliphatic hydroxyl groups is 2. The Kier molecular flexibility index (Phi) is 14.9. The van der Waals surface area contributed by atoms with Crippen molar-refractivity contribution in [1.29, 1.82) is 0 Å². The second-order valence-electron chi connectivity index (χ2n) is 15.8. The number of halogens is 1. The molecular formula is C33H52ClN6O13P. The van der Waals surface area contributed by atoms with Crippen LogP contribution in [-0.2, 0) is 48.6 Å². The molecule has 1 saturated carbocycles. The highest BCUT2D eigenvalue weighted by molar-refractivity contribution is 7.54. The molecule has 54 heavy (non-hydrogen) atoms. The minimum Gasteiger partial charge on any atom is -0.434 e. The first-order chi connectivity index (χ1) is 25.2. The van der Waals surface area contributed by atoms with Crippen LogP contribution < -0.4 is 5.32 Å². The lowest BCUT2D eigenvalue weighted by molar-refractivity contribution is -0.130. The SMILES string of the molecule is CN(C[C@H]1OC(Cn2cnc3c(NC4CCCC4)nc(Cl)nc32)[C@H](O)[C@@H]1O)C(=O)CP(=O)(OCOC(=O)OCC(C)(C)C)OCOC(=O)OCC(C)(C)C. The van der Waals surface area contributed by atoms with E-state index in [0.29, 0.717) is 17.0 Å². The van der Waals surface area contributed by atoms with Crippen molar-refractivity contribution in [2.45, 2.75) is 104 Å². The zero-order valence-electron chi connectivity index (χ0n) is 31.7. The summed E-state index contributed by atoms with van der Waals surface area (Å²) in [5, 5.41) is 25.2. The summed E-state index contributed by atoms with van der Waals surface area (Å²) in [5.41, 5.74) is 0.196. The zero-order valence-corrected chi connectivity index (χ0v) is 33.3. The van der Waals surface area contributed by atoms with Crippen LogP contribution in [-0.4, -0.2) is 130 Å². The van der Waals surface area contributed by atoms with Gasteiger partial charge in [0, 0.05) is 19.6 Å². The third kappa shape index (κ3) is 13.2. The maximum atomic E-state index is 13.7. The van der Waals surface area contributed by atoms with Crippen LogP contribution in [0.4, 0.5) is 15.4 Å². The van der Waals surface area contributed by atoms with Crippen molar-refractivity contribution in [3.05, 3.63) is 11.6 Å². The third-order valence-electron chi connectivity index (χ3n) is 8.28. The van der Waals surface area contributed by atoms with Crippen molar-refractivity contribution in [2.75, 3.05) is 51.9 Å². The largest absolute Gasteiger partial charge is 0.510 e. The van der Waals surface area contributed by atoms with Crippen LogP contribution in [0.15, 0.2) is 6.33 Å². The van der Waals surface area contributed by atoms with Crippen molar-refractivity contribution < 1.29 is 61.9 Å². The number of carbonyl (C=O) groups is 3. The van der Waals surface area contributed by atoms with Crippen LogP contribution in [0.25, 0.3) is 11.2 Å². The topological polar surface area (TPSA) is 232 Å². The van der Waals surface area contributed by atoms with Gasteiger partial charge in [-0.1, -0.05) is 54.4 Å². The molecular weight excluding hydrogens is 755 g/mol. The monoisotopic (exact) mass is 806 g/mol. The van der Waals surface area contributed by atoms with Crippen LogP contribution in [0.5, 0.6) is 0 Å². The van der Waals surface area contributed by atoms with Crippen LogP contribution in [0.2, 0.25) is 5.28 Å². The van der Waals surface area contributed by atoms with Gasteiger partial charge in [0.1, 0.15) is 30.6 Å². The molecule has 4 rings (SSSR count). The number of hydrogen-bond acceptors (Lipinski definition) is 17. The number of rotatable bonds is 16. The summed E-state index contributed by atoms with van der Waals surface area (Å²) in [7, 11) is -3.11. The van der Waals surface area contributed by atoms with E-state index >= 15 is 0 Å². The maximum absolute atomic E-state index is 13.7. The lowest BCUT2D eigenvalue weighted by Gasteiger charge is -2.25. The molecule has 1 aliphatic carbocycles. The van der Waals surface area contributed by atoms with Gasteiger partial charge >= 0.3 is 19.9 Å². The normalized spacial score (nSPS) is 20.9. The minimum absolute atomic E-state index is 0.0139. The van der Waals surface area contributed by atoms with Gasteiger partial charge in [-0.15, -0.1) is 0 Å². The van der Waals surface area contributed by atoms with E-state index in [0.717, 1.165) is 30.6 Å². The predicted octanol–water partition coefficient (Wildman–Crippen LogP) is 4.32. The van der Waals surface area contributed by atoms with E-state index in [-0.39, 0.29) is 48.5 Å². The summed E-state index contributed by atoms with van der Waals surface area (Å²) >= 11 is 6.25. The average Bonchev–Trinajstić information content (AvgIpc) is 3.79. The molecule has 0 radical (unpaired) electrons. The van der Waals surface area contributed by atoms with E-state index < -0.39 is 70.0 Å². The highest BCUT2D eigenvalue weighted by atomic mass is 35.5. The number of likely N-dealkylation sites (N-methyl/N-ethyl adjacent to an activating group) is 1. The minimum atomic E-state index is -4.46. The molecule has 0 aromatic carbocycles. The third-order valence-corrected chi connectivity index (χ3v) is 10.1. The standard InChI is InChI=1S/C33H52ClN6O13P/c1-32(2,3)15-47-30(44)49-18-51-54(46,52-19-50-31(45)48-16-33(4,5)6)14-23(41)39(7)12-21-25(42)26(43)22(53-21)13-40-17-35-24-27(36-20-10-8-9-11-20)37-29(34)38-28(24)40/h17,20-22,25-26,42-43H,8-16,18-19H2,1-7H3,(H,36,37,38)/t21-,22?,25-,26+/m1/s1. The molecule has 2 aromatic heterocycles. The van der Waals surface area contributed by atoms with E-state index in [1.54, 1.807) is 4.57 Å². The Bertz CT molecular complexity index is 1600. The number of fused-ring (bicyclic) bond motifs is 1. The van der Waals surface area contributed by atoms with E-state index in [2.05, 4.69) is 20.3 Å². The second-order valence-corrected chi connectivity index (χ2v) is 18.1. The van der Waals surface area contributed by atoms with Gasteiger partial charge in [-0.3, -0.25) is 18.4 Å². The van der Waals surface area contributed by atoms with Gasteiger partial charge in [0.2, 0.25) is 24.8 Å². The fourth-order valence-corrected chi connectivity index (χ4v) is 6.89. The van der Waals surface area contributed by atoms with Gasteiger partial charge in [-0.25, -0.2) is 14.6 Å². The number of aromatic nitrogens is 4. The van der Waals surface area contributed by atoms with Crippen LogP contribution >= 0.6 is 19.2 Å². The molecule has 21 heteroatoms. The highest BCUT2D eigenvalue weighted by Crippen LogP contribution is 2.48. The van der Waals surface area contributed by atoms with Crippen LogP contribution in [0, 0.1) is 10.8 Å². The lowest BCUT2D eigenvalue weighted by atomic mass is 9.99. The molecule has 1 amide bonds. The Morgan fingerprint density at radius 1 is 0.944 bits per heavy atom.